The summed E-state index contributed by atoms with van der Waals surface area (Å²) >= 11 is 0. The molecule has 6 nitrogen and oxygen atoms in total. The number of rotatable bonds is 57. The molecule has 0 amide bonds. The van der Waals surface area contributed by atoms with Gasteiger partial charge in [0.1, 0.15) is 13.2 Å². The van der Waals surface area contributed by atoms with Gasteiger partial charge >= 0.3 is 17.9 Å². The van der Waals surface area contributed by atoms with Gasteiger partial charge < -0.3 is 14.2 Å². The Morgan fingerprint density at radius 2 is 0.481 bits per heavy atom. The number of allylic oxidation sites excluding steroid dienone is 28. The van der Waals surface area contributed by atoms with Gasteiger partial charge in [0.2, 0.25) is 0 Å². The van der Waals surface area contributed by atoms with Gasteiger partial charge in [-0.05, 0) is 148 Å². The lowest BCUT2D eigenvalue weighted by atomic mass is 10.1. The van der Waals surface area contributed by atoms with E-state index in [1.807, 2.05) is 0 Å². The molecule has 454 valence electrons. The topological polar surface area (TPSA) is 78.9 Å². The van der Waals surface area contributed by atoms with Crippen LogP contribution in [0.4, 0.5) is 0 Å². The third-order valence-corrected chi connectivity index (χ3v) is 13.2. The number of carbonyl (C=O) groups excluding carboxylic acids is 3. The van der Waals surface area contributed by atoms with Crippen molar-refractivity contribution in [3.8, 4) is 0 Å². The monoisotopic (exact) mass is 1110 g/mol. The van der Waals surface area contributed by atoms with Crippen LogP contribution in [0.25, 0.3) is 0 Å². The quantitative estimate of drug-likeness (QED) is 0.0261. The fourth-order valence-electron chi connectivity index (χ4n) is 8.35. The standard InChI is InChI=1S/C75H118O6/c1-4-7-10-13-16-19-22-24-26-28-30-32-34-36-37-39-40-42-44-46-48-50-53-56-59-62-65-68-74(77)80-71-72(70-79-73(76)67-64-61-58-55-52-21-18-15-12-9-6-3)81-75(78)69-66-63-60-57-54-51-49-47-45-43-41-38-35-33-31-29-27-25-23-20-17-14-11-8-5-2/h7-8,10-11,15-20,24-27,30-33,36-38,40-42,45-48,72H,4-6,9,12-14,21-23,28-29,34-35,39,43-44,49-71H2,1-3H3/b10-7-,11-8-,18-15-,19-16-,20-17-,26-24-,27-25-,32-30-,33-31-,37-36-,41-38-,42-40-,47-45-,48-46-. The molecule has 0 radical (unpaired) electrons. The van der Waals surface area contributed by atoms with Gasteiger partial charge in [0.15, 0.2) is 6.10 Å². The van der Waals surface area contributed by atoms with Gasteiger partial charge in [-0.25, -0.2) is 0 Å². The average Bonchev–Trinajstić information content (AvgIpc) is 3.47. The van der Waals surface area contributed by atoms with E-state index in [1.54, 1.807) is 0 Å². The first kappa shape index (κ1) is 75.8. The molecule has 0 aromatic heterocycles. The van der Waals surface area contributed by atoms with Crippen LogP contribution in [0, 0.1) is 0 Å². The Hall–Kier alpha value is -5.23. The predicted octanol–water partition coefficient (Wildman–Crippen LogP) is 22.7. The molecule has 0 N–H and O–H groups in total. The van der Waals surface area contributed by atoms with Gasteiger partial charge in [0.25, 0.3) is 0 Å². The van der Waals surface area contributed by atoms with Crippen molar-refractivity contribution in [3.05, 3.63) is 170 Å². The first-order valence-electron chi connectivity index (χ1n) is 32.6. The fraction of sp³-hybridized carbons (Fsp3) is 0.587. The van der Waals surface area contributed by atoms with E-state index in [9.17, 15) is 14.4 Å². The summed E-state index contributed by atoms with van der Waals surface area (Å²) in [6.45, 7) is 6.33. The maximum absolute atomic E-state index is 12.9. The van der Waals surface area contributed by atoms with Crippen molar-refractivity contribution < 1.29 is 28.6 Å². The molecule has 0 spiro atoms. The molecule has 0 rings (SSSR count). The highest BCUT2D eigenvalue weighted by Gasteiger charge is 2.19. The Bertz CT molecular complexity index is 1860. The summed E-state index contributed by atoms with van der Waals surface area (Å²) in [4.78, 5) is 38.3. The van der Waals surface area contributed by atoms with Crippen LogP contribution in [0.3, 0.4) is 0 Å². The molecule has 1 atom stereocenters. The van der Waals surface area contributed by atoms with Gasteiger partial charge in [0, 0.05) is 19.3 Å². The van der Waals surface area contributed by atoms with E-state index in [2.05, 4.69) is 191 Å². The Kier molecular flexibility index (Phi) is 62.9. The number of unbranched alkanes of at least 4 members (excludes halogenated alkanes) is 18. The summed E-state index contributed by atoms with van der Waals surface area (Å²) in [5.74, 6) is -0.951. The maximum atomic E-state index is 12.9. The molecule has 0 bridgehead atoms. The second-order valence-electron chi connectivity index (χ2n) is 20.9. The van der Waals surface area contributed by atoms with E-state index in [1.165, 1.54) is 38.5 Å². The number of ether oxygens (including phenoxy) is 3. The lowest BCUT2D eigenvalue weighted by Gasteiger charge is -2.18. The second kappa shape index (κ2) is 67.3. The Morgan fingerprint density at radius 1 is 0.259 bits per heavy atom. The Morgan fingerprint density at radius 3 is 0.765 bits per heavy atom. The third-order valence-electron chi connectivity index (χ3n) is 13.2. The molecule has 0 saturated heterocycles. The Balaban J connectivity index is 4.41. The minimum Gasteiger partial charge on any atom is -0.462 e. The molecule has 1 unspecified atom stereocenters. The zero-order valence-corrected chi connectivity index (χ0v) is 52.0. The van der Waals surface area contributed by atoms with Crippen LogP contribution in [0.1, 0.15) is 265 Å². The normalized spacial score (nSPS) is 13.3. The first-order chi connectivity index (χ1) is 40.0. The summed E-state index contributed by atoms with van der Waals surface area (Å²) in [5, 5.41) is 0. The average molecular weight is 1120 g/mol. The van der Waals surface area contributed by atoms with Gasteiger partial charge in [-0.3, -0.25) is 14.4 Å². The van der Waals surface area contributed by atoms with E-state index in [4.69, 9.17) is 14.2 Å². The van der Waals surface area contributed by atoms with Crippen molar-refractivity contribution in [2.45, 2.75) is 271 Å². The zero-order valence-electron chi connectivity index (χ0n) is 52.0. The van der Waals surface area contributed by atoms with Crippen LogP contribution in [-0.4, -0.2) is 37.2 Å². The van der Waals surface area contributed by atoms with Gasteiger partial charge in [-0.1, -0.05) is 268 Å². The predicted molar refractivity (Wildman–Crippen MR) is 352 cm³/mol. The molecular formula is C75H118O6. The zero-order chi connectivity index (χ0) is 58.5. The van der Waals surface area contributed by atoms with Crippen LogP contribution in [-0.2, 0) is 28.6 Å². The van der Waals surface area contributed by atoms with Gasteiger partial charge in [0.05, 0.1) is 0 Å². The lowest BCUT2D eigenvalue weighted by molar-refractivity contribution is -0.167. The summed E-state index contributed by atoms with van der Waals surface area (Å²) < 4.78 is 16.9. The molecule has 0 aliphatic heterocycles. The van der Waals surface area contributed by atoms with Crippen molar-refractivity contribution in [2.24, 2.45) is 0 Å². The number of hydrogen-bond donors (Lipinski definition) is 0. The SMILES string of the molecule is CC/C=C\C/C=C\C/C=C\C/C=C\C/C=C\C/C=C\C/C=C\CCCCCCCC(=O)OCC(COC(=O)CCCCCCC/C=C\CCCC)OC(=O)CCCCCCCC/C=C\C/C=C\C/C=C\C/C=C\C/C=C\C/C=C\CC. The van der Waals surface area contributed by atoms with Crippen LogP contribution < -0.4 is 0 Å². The van der Waals surface area contributed by atoms with Crippen molar-refractivity contribution >= 4 is 17.9 Å². The molecule has 81 heavy (non-hydrogen) atoms. The highest BCUT2D eigenvalue weighted by atomic mass is 16.6. The van der Waals surface area contributed by atoms with Crippen molar-refractivity contribution in [1.29, 1.82) is 0 Å². The molecule has 0 fully saturated rings. The van der Waals surface area contributed by atoms with E-state index in [0.29, 0.717) is 19.3 Å². The van der Waals surface area contributed by atoms with E-state index >= 15 is 0 Å². The first-order valence-corrected chi connectivity index (χ1v) is 32.6. The summed E-state index contributed by atoms with van der Waals surface area (Å²) in [6, 6.07) is 0. The van der Waals surface area contributed by atoms with E-state index in [0.717, 1.165) is 186 Å². The molecule has 6 heteroatoms. The highest BCUT2D eigenvalue weighted by molar-refractivity contribution is 5.71. The highest BCUT2D eigenvalue weighted by Crippen LogP contribution is 2.14. The molecule has 0 aliphatic carbocycles. The molecule has 0 heterocycles. The largest absolute Gasteiger partial charge is 0.462 e. The third kappa shape index (κ3) is 65.5. The van der Waals surface area contributed by atoms with E-state index in [-0.39, 0.29) is 31.1 Å². The molecule has 0 aliphatic rings. The lowest BCUT2D eigenvalue weighted by Crippen LogP contribution is -2.30. The number of hydrogen-bond acceptors (Lipinski definition) is 6. The van der Waals surface area contributed by atoms with Gasteiger partial charge in [-0.15, -0.1) is 0 Å². The van der Waals surface area contributed by atoms with Crippen molar-refractivity contribution in [3.63, 3.8) is 0 Å². The van der Waals surface area contributed by atoms with Crippen molar-refractivity contribution in [1.82, 2.24) is 0 Å². The number of carbonyl (C=O) groups is 3. The van der Waals surface area contributed by atoms with Gasteiger partial charge in [-0.2, -0.15) is 0 Å². The summed E-state index contributed by atoms with van der Waals surface area (Å²) in [7, 11) is 0. The smallest absolute Gasteiger partial charge is 0.306 e. The minimum absolute atomic E-state index is 0.102. The summed E-state index contributed by atoms with van der Waals surface area (Å²) in [6.07, 6.45) is 99.3. The second-order valence-corrected chi connectivity index (χ2v) is 20.9. The van der Waals surface area contributed by atoms with Crippen LogP contribution in [0.15, 0.2) is 170 Å². The van der Waals surface area contributed by atoms with Crippen LogP contribution in [0.2, 0.25) is 0 Å². The van der Waals surface area contributed by atoms with Crippen molar-refractivity contribution in [2.75, 3.05) is 13.2 Å². The Labute approximate surface area is 498 Å². The maximum Gasteiger partial charge on any atom is 0.306 e. The van der Waals surface area contributed by atoms with E-state index < -0.39 is 6.10 Å². The molecule has 0 saturated carbocycles. The molecular weight excluding hydrogens is 997 g/mol. The summed E-state index contributed by atoms with van der Waals surface area (Å²) in [5.41, 5.74) is 0. The minimum atomic E-state index is -0.808. The molecule has 0 aromatic rings. The molecule has 0 aromatic carbocycles. The number of esters is 3. The van der Waals surface area contributed by atoms with Crippen LogP contribution in [0.5, 0.6) is 0 Å². The fourth-order valence-corrected chi connectivity index (χ4v) is 8.35. The van der Waals surface area contributed by atoms with Crippen LogP contribution >= 0.6 is 0 Å².